The minimum atomic E-state index is -5.51. The molecule has 11 heteroatoms. The molecule has 0 aliphatic rings. The van der Waals surface area contributed by atoms with E-state index in [1.807, 2.05) is 5.92 Å². The van der Waals surface area contributed by atoms with Crippen LogP contribution in [0.3, 0.4) is 0 Å². The van der Waals surface area contributed by atoms with Crippen molar-refractivity contribution in [2.24, 2.45) is 0 Å². The van der Waals surface area contributed by atoms with Crippen molar-refractivity contribution in [3.63, 3.8) is 0 Å². The van der Waals surface area contributed by atoms with E-state index in [4.69, 9.17) is 4.74 Å². The first-order chi connectivity index (χ1) is 17.8. The summed E-state index contributed by atoms with van der Waals surface area (Å²) in [6.07, 6.45) is 7.50. The van der Waals surface area contributed by atoms with E-state index in [1.165, 1.54) is 25.7 Å². The summed E-state index contributed by atoms with van der Waals surface area (Å²) in [6, 6.07) is 0. The fraction of sp³-hybridized carbons (Fsp3) is 0.500. The summed E-state index contributed by atoms with van der Waals surface area (Å²) in [5.41, 5.74) is 0. The van der Waals surface area contributed by atoms with Crippen LogP contribution in [0.15, 0.2) is 0 Å². The van der Waals surface area contributed by atoms with E-state index in [9.17, 15) is 23.9 Å². The predicted octanol–water partition coefficient (Wildman–Crippen LogP) is -3.79. The number of hydrogen-bond acceptors (Lipinski definition) is 8. The van der Waals surface area contributed by atoms with Gasteiger partial charge in [0.2, 0.25) is 6.29 Å². The minimum absolute atomic E-state index is 0. The van der Waals surface area contributed by atoms with Crippen LogP contribution in [0, 0.1) is 71.0 Å². The molecule has 0 unspecified atom stereocenters. The van der Waals surface area contributed by atoms with Crippen LogP contribution in [-0.2, 0) is 28.2 Å². The zero-order valence-electron chi connectivity index (χ0n) is 23.1. The summed E-state index contributed by atoms with van der Waals surface area (Å²) in [7, 11) is -5.51. The van der Waals surface area contributed by atoms with Crippen molar-refractivity contribution in [1.82, 2.24) is 0 Å². The number of hydrogen-bond donors (Lipinski definition) is 0. The number of rotatable bonds is 15. The van der Waals surface area contributed by atoms with Crippen molar-refractivity contribution >= 4 is 19.8 Å². The Balaban J connectivity index is -0.00000648. The summed E-state index contributed by atoms with van der Waals surface area (Å²) in [4.78, 5) is 45.4. The van der Waals surface area contributed by atoms with Gasteiger partial charge < -0.3 is 28.3 Å². The van der Waals surface area contributed by atoms with Crippen molar-refractivity contribution < 1.29 is 97.1 Å². The van der Waals surface area contributed by atoms with Gasteiger partial charge >= 0.3 is 71.1 Å². The number of carbonyl (C=O) groups is 2. The largest absolute Gasteiger partial charge is 1.00 e. The molecule has 0 N–H and O–H groups in total. The Labute approximate surface area is 276 Å². The molecule has 0 aromatic carbocycles. The molecule has 0 spiro atoms. The van der Waals surface area contributed by atoms with Crippen LogP contribution >= 0.6 is 7.82 Å². The molecule has 0 aromatic rings. The zero-order valence-corrected chi connectivity index (χ0v) is 28.0. The number of ether oxygens (including phenoxy) is 2. The fourth-order valence-corrected chi connectivity index (χ4v) is 2.98. The SMILES string of the molecule is CC#CC#CC#CC#CC#CC#CC(=O)OC[C@H](OC(=O)CCCCCCCCCCC)OP(=O)([O-])[O-].[Na+].[Na+]. The maximum absolute atomic E-state index is 12.0. The van der Waals surface area contributed by atoms with Gasteiger partial charge in [0.05, 0.1) is 7.82 Å². The van der Waals surface area contributed by atoms with E-state index < -0.39 is 32.7 Å². The molecule has 196 valence electrons. The molecule has 0 fully saturated rings. The van der Waals surface area contributed by atoms with Crippen molar-refractivity contribution in [3.05, 3.63) is 0 Å². The molecular formula is C28H29Na2O8P. The monoisotopic (exact) mass is 570 g/mol. The van der Waals surface area contributed by atoms with Gasteiger partial charge in [-0.15, -0.1) is 0 Å². The third kappa shape index (κ3) is 32.5. The Morgan fingerprint density at radius 2 is 1.21 bits per heavy atom. The normalized spacial score (nSPS) is 9.33. The molecule has 0 saturated carbocycles. The first-order valence-corrected chi connectivity index (χ1v) is 13.2. The second kappa shape index (κ2) is 29.4. The molecule has 0 rings (SSSR count). The van der Waals surface area contributed by atoms with Gasteiger partial charge in [0, 0.05) is 12.3 Å². The van der Waals surface area contributed by atoms with Crippen LogP contribution in [0.2, 0.25) is 0 Å². The summed E-state index contributed by atoms with van der Waals surface area (Å²) in [5.74, 6) is 26.5. The standard InChI is InChI=1S/C28H31O8P.2Na/c1-3-5-7-9-11-13-14-16-17-19-21-23-26(29)34-25-28(36-37(31,32)33)35-27(30)24-22-20-18-15-12-10-8-6-4-2;;/h28H,4,6,8,10,12,15,18,20,22,24-25H2,1-2H3,(H2,31,32,33);;/q;2*+1/p-2/t28-;;/m1../s1. The maximum Gasteiger partial charge on any atom is 1.00 e. The Hall–Kier alpha value is -1.59. The second-order valence-corrected chi connectivity index (χ2v) is 8.38. The van der Waals surface area contributed by atoms with Crippen molar-refractivity contribution in [1.29, 1.82) is 0 Å². The summed E-state index contributed by atoms with van der Waals surface area (Å²) >= 11 is 0. The van der Waals surface area contributed by atoms with Gasteiger partial charge in [-0.05, 0) is 72.5 Å². The number of esters is 2. The zero-order chi connectivity index (χ0) is 27.6. The molecule has 39 heavy (non-hydrogen) atoms. The van der Waals surface area contributed by atoms with E-state index in [2.05, 4.69) is 81.3 Å². The van der Waals surface area contributed by atoms with E-state index in [-0.39, 0.29) is 65.5 Å². The topological polar surface area (TPSA) is 125 Å². The average molecular weight is 570 g/mol. The van der Waals surface area contributed by atoms with Crippen LogP contribution < -0.4 is 68.9 Å². The third-order valence-electron chi connectivity index (χ3n) is 4.20. The Kier molecular flexibility index (Phi) is 31.6. The summed E-state index contributed by atoms with van der Waals surface area (Å²) < 4.78 is 24.6. The Morgan fingerprint density at radius 1 is 0.744 bits per heavy atom. The van der Waals surface area contributed by atoms with Crippen LogP contribution in [0.25, 0.3) is 0 Å². The predicted molar refractivity (Wildman–Crippen MR) is 134 cm³/mol. The average Bonchev–Trinajstić information content (AvgIpc) is 2.84. The number of unbranched alkanes of at least 4 members (excludes halogenated alkanes) is 8. The van der Waals surface area contributed by atoms with Crippen molar-refractivity contribution in [2.45, 2.75) is 84.3 Å². The van der Waals surface area contributed by atoms with Gasteiger partial charge in [-0.2, -0.15) is 0 Å². The molecule has 0 aliphatic carbocycles. The minimum Gasteiger partial charge on any atom is -0.790 e. The summed E-state index contributed by atoms with van der Waals surface area (Å²) in [5, 5.41) is 0. The molecule has 0 bridgehead atoms. The Morgan fingerprint density at radius 3 is 1.69 bits per heavy atom. The third-order valence-corrected chi connectivity index (χ3v) is 4.69. The van der Waals surface area contributed by atoms with Crippen LogP contribution in [0.5, 0.6) is 0 Å². The van der Waals surface area contributed by atoms with Crippen LogP contribution in [-0.4, -0.2) is 24.8 Å². The second-order valence-electron chi connectivity index (χ2n) is 7.27. The molecule has 0 saturated heterocycles. The molecule has 0 radical (unpaired) electrons. The van der Waals surface area contributed by atoms with Gasteiger partial charge in [0.15, 0.2) is 6.61 Å². The number of carbonyl (C=O) groups excluding carboxylic acids is 2. The van der Waals surface area contributed by atoms with E-state index in [1.54, 1.807) is 6.92 Å². The molecule has 0 aliphatic heterocycles. The van der Waals surface area contributed by atoms with Crippen molar-refractivity contribution in [2.75, 3.05) is 6.61 Å². The number of phosphoric acid groups is 1. The molecular weight excluding hydrogens is 541 g/mol. The van der Waals surface area contributed by atoms with Gasteiger partial charge in [-0.25, -0.2) is 4.79 Å². The maximum atomic E-state index is 12.0. The molecule has 0 amide bonds. The fourth-order valence-electron chi connectivity index (χ4n) is 2.59. The van der Waals surface area contributed by atoms with Crippen LogP contribution in [0.4, 0.5) is 0 Å². The van der Waals surface area contributed by atoms with Gasteiger partial charge in [-0.1, -0.05) is 64.2 Å². The molecule has 1 atom stereocenters. The summed E-state index contributed by atoms with van der Waals surface area (Å²) in [6.45, 7) is 2.97. The van der Waals surface area contributed by atoms with Gasteiger partial charge in [-0.3, -0.25) is 4.79 Å². The van der Waals surface area contributed by atoms with E-state index >= 15 is 0 Å². The quantitative estimate of drug-likeness (QED) is 0.0374. The molecule has 8 nitrogen and oxygen atoms in total. The first kappa shape index (κ1) is 41.9. The van der Waals surface area contributed by atoms with Crippen molar-refractivity contribution in [3.8, 4) is 71.0 Å². The van der Waals surface area contributed by atoms with E-state index in [0.29, 0.717) is 6.42 Å². The Bertz CT molecular complexity index is 1160. The number of phosphoric ester groups is 1. The molecule has 0 heterocycles. The van der Waals surface area contributed by atoms with Gasteiger partial charge in [0.1, 0.15) is 0 Å². The first-order valence-electron chi connectivity index (χ1n) is 11.8. The van der Waals surface area contributed by atoms with Gasteiger partial charge in [0.25, 0.3) is 0 Å². The van der Waals surface area contributed by atoms with Crippen LogP contribution in [0.1, 0.15) is 78.1 Å². The smallest absolute Gasteiger partial charge is 0.790 e. The van der Waals surface area contributed by atoms with E-state index in [0.717, 1.165) is 25.7 Å². The molecule has 0 aromatic heterocycles.